The van der Waals surface area contributed by atoms with E-state index in [0.717, 1.165) is 29.8 Å². The molecular weight excluding hydrogens is 389 g/mol. The molecule has 28 heavy (non-hydrogen) atoms. The highest BCUT2D eigenvalue weighted by molar-refractivity contribution is 7.13. The lowest BCUT2D eigenvalue weighted by Gasteiger charge is -2.38. The Hall–Kier alpha value is -2.42. The van der Waals surface area contributed by atoms with Crippen LogP contribution in [0.25, 0.3) is 16.2 Å². The Morgan fingerprint density at radius 1 is 1.21 bits per heavy atom. The fourth-order valence-corrected chi connectivity index (χ4v) is 4.47. The summed E-state index contributed by atoms with van der Waals surface area (Å²) in [5, 5.41) is 5.77. The second-order valence-corrected chi connectivity index (χ2v) is 8.09. The first-order valence-electron chi connectivity index (χ1n) is 9.10. The molecule has 3 aromatic rings. The normalized spacial score (nSPS) is 20.7. The monoisotopic (exact) mass is 408 g/mol. The van der Waals surface area contributed by atoms with Gasteiger partial charge in [-0.25, -0.2) is 9.50 Å². The number of carbonyl (C=O) groups excluding carboxylic acids is 1. The van der Waals surface area contributed by atoms with Gasteiger partial charge < -0.3 is 4.90 Å². The summed E-state index contributed by atoms with van der Waals surface area (Å²) in [4.78, 5) is 19.7. The van der Waals surface area contributed by atoms with Crippen molar-refractivity contribution in [3.05, 3.63) is 41.0 Å². The molecular formula is C19H19F3N4OS. The molecule has 9 heteroatoms. The van der Waals surface area contributed by atoms with Crippen molar-refractivity contribution in [1.29, 1.82) is 0 Å². The first kappa shape index (κ1) is 18.9. The molecule has 1 aliphatic heterocycles. The molecule has 0 spiro atoms. The third-order valence-electron chi connectivity index (χ3n) is 5.14. The van der Waals surface area contributed by atoms with Crippen LogP contribution in [0.15, 0.2) is 29.6 Å². The molecule has 1 aliphatic rings. The predicted molar refractivity (Wildman–Crippen MR) is 100 cm³/mol. The average Bonchev–Trinajstić information content (AvgIpc) is 3.29. The van der Waals surface area contributed by atoms with E-state index in [9.17, 15) is 18.0 Å². The first-order chi connectivity index (χ1) is 13.3. The van der Waals surface area contributed by atoms with E-state index in [-0.39, 0.29) is 35.0 Å². The molecule has 4 heterocycles. The number of alkyl halides is 3. The number of fused-ring (bicyclic) bond motifs is 1. The molecule has 0 unspecified atom stereocenters. The summed E-state index contributed by atoms with van der Waals surface area (Å²) >= 11 is 1.31. The molecule has 4 rings (SSSR count). The molecule has 5 nitrogen and oxygen atoms in total. The highest BCUT2D eigenvalue weighted by Gasteiger charge is 2.37. The molecule has 0 saturated carbocycles. The van der Waals surface area contributed by atoms with Gasteiger partial charge in [0.05, 0.1) is 10.6 Å². The Balaban J connectivity index is 1.83. The summed E-state index contributed by atoms with van der Waals surface area (Å²) in [5.74, 6) is -0.351. The lowest BCUT2D eigenvalue weighted by atomic mass is 9.97. The number of piperidine rings is 1. The number of likely N-dealkylation sites (tertiary alicyclic amines) is 1. The van der Waals surface area contributed by atoms with Crippen LogP contribution in [0.2, 0.25) is 0 Å². The van der Waals surface area contributed by atoms with E-state index in [4.69, 9.17) is 0 Å². The second kappa shape index (κ2) is 6.88. The van der Waals surface area contributed by atoms with Crippen LogP contribution in [0.5, 0.6) is 0 Å². The number of carbonyl (C=O) groups is 1. The van der Waals surface area contributed by atoms with Crippen molar-refractivity contribution in [1.82, 2.24) is 19.5 Å². The highest BCUT2D eigenvalue weighted by atomic mass is 32.1. The summed E-state index contributed by atoms with van der Waals surface area (Å²) in [7, 11) is 0. The van der Waals surface area contributed by atoms with E-state index in [0.29, 0.717) is 4.88 Å². The number of hydrogen-bond acceptors (Lipinski definition) is 4. The van der Waals surface area contributed by atoms with Crippen LogP contribution in [0.1, 0.15) is 49.3 Å². The molecule has 0 aromatic carbocycles. The molecule has 0 bridgehead atoms. The standard InChI is InChI=1S/C19H19F3N4OS/c1-11-5-3-6-12(2)25(11)18(27)14-10-17-23-13(15-7-4-8-28-15)9-16(19(20,21)22)26(17)24-14/h4,7-12H,3,5-6H2,1-2H3/t11-,12+. The topological polar surface area (TPSA) is 50.5 Å². The summed E-state index contributed by atoms with van der Waals surface area (Å²) in [6, 6.07) is 5.84. The molecule has 1 amide bonds. The minimum atomic E-state index is -4.62. The van der Waals surface area contributed by atoms with Gasteiger partial charge in [-0.1, -0.05) is 6.07 Å². The number of thiophene rings is 1. The van der Waals surface area contributed by atoms with Gasteiger partial charge in [0.1, 0.15) is 0 Å². The molecule has 0 aliphatic carbocycles. The molecule has 0 N–H and O–H groups in total. The van der Waals surface area contributed by atoms with Gasteiger partial charge in [-0.2, -0.15) is 18.3 Å². The van der Waals surface area contributed by atoms with E-state index in [1.54, 1.807) is 22.4 Å². The number of rotatable bonds is 2. The molecule has 148 valence electrons. The average molecular weight is 408 g/mol. The minimum Gasteiger partial charge on any atom is -0.332 e. The van der Waals surface area contributed by atoms with Gasteiger partial charge in [0.15, 0.2) is 17.0 Å². The van der Waals surface area contributed by atoms with Crippen molar-refractivity contribution >= 4 is 22.9 Å². The van der Waals surface area contributed by atoms with E-state index >= 15 is 0 Å². The maximum absolute atomic E-state index is 13.6. The quantitative estimate of drug-likeness (QED) is 0.607. The van der Waals surface area contributed by atoms with Crippen LogP contribution in [0.4, 0.5) is 13.2 Å². The van der Waals surface area contributed by atoms with Crippen molar-refractivity contribution < 1.29 is 18.0 Å². The Morgan fingerprint density at radius 2 is 1.93 bits per heavy atom. The number of nitrogens with zero attached hydrogens (tertiary/aromatic N) is 4. The SMILES string of the molecule is C[C@@H]1CCC[C@H](C)N1C(=O)c1cc2nc(-c3cccs3)cc(C(F)(F)F)n2n1. The number of hydrogen-bond donors (Lipinski definition) is 0. The zero-order chi connectivity index (χ0) is 20.1. The highest BCUT2D eigenvalue weighted by Crippen LogP contribution is 2.34. The van der Waals surface area contributed by atoms with Gasteiger partial charge in [-0.15, -0.1) is 11.3 Å². The van der Waals surface area contributed by atoms with Gasteiger partial charge in [-0.05, 0) is 50.6 Å². The first-order valence-corrected chi connectivity index (χ1v) is 9.98. The van der Waals surface area contributed by atoms with Crippen LogP contribution in [0, 0.1) is 0 Å². The van der Waals surface area contributed by atoms with Gasteiger partial charge >= 0.3 is 6.18 Å². The lowest BCUT2D eigenvalue weighted by Crippen LogP contribution is -2.47. The van der Waals surface area contributed by atoms with Gasteiger partial charge in [-0.3, -0.25) is 4.79 Å². The van der Waals surface area contributed by atoms with Gasteiger partial charge in [0.25, 0.3) is 5.91 Å². The van der Waals surface area contributed by atoms with Crippen molar-refractivity contribution in [2.45, 2.75) is 51.4 Å². The van der Waals surface area contributed by atoms with Crippen LogP contribution >= 0.6 is 11.3 Å². The summed E-state index contributed by atoms with van der Waals surface area (Å²) < 4.78 is 41.7. The van der Waals surface area contributed by atoms with Crippen molar-refractivity contribution in [3.8, 4) is 10.6 Å². The Bertz CT molecular complexity index is 1000. The fraction of sp³-hybridized carbons (Fsp3) is 0.421. The summed E-state index contributed by atoms with van der Waals surface area (Å²) in [6.07, 6.45) is -1.84. The van der Waals surface area contributed by atoms with Crippen molar-refractivity contribution in [2.24, 2.45) is 0 Å². The fourth-order valence-electron chi connectivity index (χ4n) is 3.79. The molecule has 2 atom stereocenters. The zero-order valence-electron chi connectivity index (χ0n) is 15.4. The largest absolute Gasteiger partial charge is 0.433 e. The molecule has 3 aromatic heterocycles. The van der Waals surface area contributed by atoms with Crippen LogP contribution in [0.3, 0.4) is 0 Å². The van der Waals surface area contributed by atoms with Crippen molar-refractivity contribution in [2.75, 3.05) is 0 Å². The third-order valence-corrected chi connectivity index (χ3v) is 6.03. The Morgan fingerprint density at radius 3 is 2.54 bits per heavy atom. The van der Waals surface area contributed by atoms with Gasteiger partial charge in [0, 0.05) is 18.2 Å². The minimum absolute atomic E-state index is 0.0121. The van der Waals surface area contributed by atoms with Gasteiger partial charge in [0.2, 0.25) is 0 Å². The number of halogens is 3. The maximum Gasteiger partial charge on any atom is 0.433 e. The third kappa shape index (κ3) is 3.28. The summed E-state index contributed by atoms with van der Waals surface area (Å²) in [6.45, 7) is 3.91. The van der Waals surface area contributed by atoms with Crippen molar-refractivity contribution in [3.63, 3.8) is 0 Å². The smallest absolute Gasteiger partial charge is 0.332 e. The zero-order valence-corrected chi connectivity index (χ0v) is 16.2. The Labute approximate surface area is 163 Å². The predicted octanol–water partition coefficient (Wildman–Crippen LogP) is 4.88. The lowest BCUT2D eigenvalue weighted by molar-refractivity contribution is -0.142. The van der Waals surface area contributed by atoms with E-state index in [1.807, 2.05) is 13.8 Å². The van der Waals surface area contributed by atoms with Crippen LogP contribution < -0.4 is 0 Å². The molecule has 1 fully saturated rings. The second-order valence-electron chi connectivity index (χ2n) is 7.14. The van der Waals surface area contributed by atoms with Crippen LogP contribution in [-0.2, 0) is 6.18 Å². The van der Waals surface area contributed by atoms with E-state index in [1.165, 1.54) is 17.4 Å². The van der Waals surface area contributed by atoms with E-state index in [2.05, 4.69) is 10.1 Å². The Kier molecular flexibility index (Phi) is 4.65. The summed E-state index contributed by atoms with van der Waals surface area (Å²) in [5.41, 5.74) is -0.728. The maximum atomic E-state index is 13.6. The molecule has 1 saturated heterocycles. The van der Waals surface area contributed by atoms with E-state index < -0.39 is 11.9 Å². The molecule has 0 radical (unpaired) electrons. The number of amides is 1. The van der Waals surface area contributed by atoms with Crippen LogP contribution in [-0.4, -0.2) is 37.5 Å². The number of aromatic nitrogens is 3.